The molecule has 6 heteroatoms. The van der Waals surface area contributed by atoms with E-state index < -0.39 is 0 Å². The third-order valence-electron chi connectivity index (χ3n) is 5.51. The van der Waals surface area contributed by atoms with Crippen molar-refractivity contribution in [1.82, 2.24) is 20.4 Å². The Bertz CT molecular complexity index is 961. The Kier molecular flexibility index (Phi) is 6.32. The van der Waals surface area contributed by atoms with Crippen LogP contribution < -0.4 is 15.5 Å². The van der Waals surface area contributed by atoms with Gasteiger partial charge in [0, 0.05) is 44.6 Å². The number of aryl methyl sites for hydroxylation is 1. The van der Waals surface area contributed by atoms with Crippen molar-refractivity contribution < 1.29 is 0 Å². The monoisotopic (exact) mass is 402 g/mol. The van der Waals surface area contributed by atoms with Crippen molar-refractivity contribution in [2.45, 2.75) is 25.8 Å². The van der Waals surface area contributed by atoms with Gasteiger partial charge in [0.1, 0.15) is 0 Å². The number of benzene rings is 2. The first-order valence-corrected chi connectivity index (χ1v) is 10.6. The number of rotatable bonds is 6. The molecule has 0 amide bonds. The van der Waals surface area contributed by atoms with Gasteiger partial charge in [-0.3, -0.25) is 4.99 Å². The molecule has 6 nitrogen and oxygen atoms in total. The Morgan fingerprint density at radius 1 is 1.10 bits per heavy atom. The van der Waals surface area contributed by atoms with Gasteiger partial charge in [-0.05, 0) is 49.6 Å². The van der Waals surface area contributed by atoms with Crippen LogP contribution in [0.5, 0.6) is 0 Å². The fraction of sp³-hybridized carbons (Fsp3) is 0.333. The quantitative estimate of drug-likeness (QED) is 0.491. The summed E-state index contributed by atoms with van der Waals surface area (Å²) in [7, 11) is 1.83. The Morgan fingerprint density at radius 2 is 1.90 bits per heavy atom. The fourth-order valence-corrected chi connectivity index (χ4v) is 3.79. The summed E-state index contributed by atoms with van der Waals surface area (Å²) in [5, 5.41) is 11.5. The second-order valence-corrected chi connectivity index (χ2v) is 7.79. The lowest BCUT2D eigenvalue weighted by molar-refractivity contribution is 0.648. The van der Waals surface area contributed by atoms with Gasteiger partial charge in [-0.15, -0.1) is 0 Å². The third kappa shape index (κ3) is 5.00. The Labute approximate surface area is 178 Å². The molecule has 1 fully saturated rings. The molecule has 1 atom stereocenters. The average Bonchev–Trinajstić information content (AvgIpc) is 3.44. The molecule has 1 aromatic heterocycles. The van der Waals surface area contributed by atoms with Gasteiger partial charge in [0.05, 0.1) is 11.9 Å². The van der Waals surface area contributed by atoms with Crippen molar-refractivity contribution in [2.24, 2.45) is 4.99 Å². The summed E-state index contributed by atoms with van der Waals surface area (Å²) in [5.41, 5.74) is 4.87. The topological polar surface area (TPSA) is 57.5 Å². The number of para-hydroxylation sites is 1. The maximum absolute atomic E-state index is 4.47. The number of hydrogen-bond acceptors (Lipinski definition) is 3. The van der Waals surface area contributed by atoms with Gasteiger partial charge in [0.15, 0.2) is 5.96 Å². The molecule has 0 aliphatic carbocycles. The van der Waals surface area contributed by atoms with Crippen LogP contribution in [0.15, 0.2) is 72.0 Å². The van der Waals surface area contributed by atoms with E-state index in [2.05, 4.69) is 75.1 Å². The molecule has 156 valence electrons. The zero-order chi connectivity index (χ0) is 20.8. The highest BCUT2D eigenvalue weighted by Crippen LogP contribution is 2.20. The number of nitrogens with zero attached hydrogens (tertiary/aromatic N) is 4. The lowest BCUT2D eigenvalue weighted by Crippen LogP contribution is -2.45. The van der Waals surface area contributed by atoms with Gasteiger partial charge >= 0.3 is 0 Å². The van der Waals surface area contributed by atoms with E-state index in [0.29, 0.717) is 6.04 Å². The molecule has 1 unspecified atom stereocenters. The zero-order valence-electron chi connectivity index (χ0n) is 17.8. The van der Waals surface area contributed by atoms with Crippen LogP contribution in [0.2, 0.25) is 0 Å². The summed E-state index contributed by atoms with van der Waals surface area (Å²) in [6.07, 6.45) is 6.02. The zero-order valence-corrected chi connectivity index (χ0v) is 17.8. The van der Waals surface area contributed by atoms with Crippen molar-refractivity contribution in [3.05, 3.63) is 78.1 Å². The first-order valence-electron chi connectivity index (χ1n) is 10.6. The number of anilines is 1. The van der Waals surface area contributed by atoms with Crippen LogP contribution in [0.1, 0.15) is 17.5 Å². The lowest BCUT2D eigenvalue weighted by Gasteiger charge is -2.20. The van der Waals surface area contributed by atoms with Crippen LogP contribution in [0.3, 0.4) is 0 Å². The van der Waals surface area contributed by atoms with Crippen LogP contribution in [0, 0.1) is 6.92 Å². The molecular weight excluding hydrogens is 372 g/mol. The molecule has 1 saturated heterocycles. The summed E-state index contributed by atoms with van der Waals surface area (Å²) >= 11 is 0. The van der Waals surface area contributed by atoms with Gasteiger partial charge in [-0.25, -0.2) is 4.68 Å². The smallest absolute Gasteiger partial charge is 0.191 e. The average molecular weight is 403 g/mol. The molecule has 0 saturated carbocycles. The fourth-order valence-electron chi connectivity index (χ4n) is 3.79. The third-order valence-corrected chi connectivity index (χ3v) is 5.51. The molecule has 30 heavy (non-hydrogen) atoms. The number of aliphatic imine (C=N–C) groups is 1. The normalized spacial score (nSPS) is 16.7. The number of nitrogens with one attached hydrogen (secondary N) is 2. The van der Waals surface area contributed by atoms with E-state index in [9.17, 15) is 0 Å². The molecule has 2 N–H and O–H groups in total. The van der Waals surface area contributed by atoms with Crippen molar-refractivity contribution in [2.75, 3.05) is 31.6 Å². The van der Waals surface area contributed by atoms with Crippen LogP contribution in [-0.4, -0.2) is 48.5 Å². The van der Waals surface area contributed by atoms with Gasteiger partial charge < -0.3 is 15.5 Å². The predicted octanol–water partition coefficient (Wildman–Crippen LogP) is 3.17. The predicted molar refractivity (Wildman–Crippen MR) is 124 cm³/mol. The first-order chi connectivity index (χ1) is 14.7. The van der Waals surface area contributed by atoms with Crippen LogP contribution in [0.25, 0.3) is 5.69 Å². The molecule has 3 aromatic rings. The molecular formula is C24H30N6. The molecule has 0 spiro atoms. The van der Waals surface area contributed by atoms with Gasteiger partial charge in [0.25, 0.3) is 0 Å². The first kappa shape index (κ1) is 20.0. The van der Waals surface area contributed by atoms with Crippen LogP contribution >= 0.6 is 0 Å². The van der Waals surface area contributed by atoms with E-state index in [1.54, 1.807) is 0 Å². The van der Waals surface area contributed by atoms with Gasteiger partial charge in [-0.1, -0.05) is 35.9 Å². The van der Waals surface area contributed by atoms with E-state index in [1.165, 1.54) is 16.8 Å². The number of guanidine groups is 1. The van der Waals surface area contributed by atoms with E-state index >= 15 is 0 Å². The van der Waals surface area contributed by atoms with E-state index in [1.807, 2.05) is 36.1 Å². The van der Waals surface area contributed by atoms with Crippen LogP contribution in [0.4, 0.5) is 5.69 Å². The highest BCUT2D eigenvalue weighted by molar-refractivity contribution is 5.80. The minimum atomic E-state index is 0.401. The van der Waals surface area contributed by atoms with Gasteiger partial charge in [-0.2, -0.15) is 5.10 Å². The molecule has 0 radical (unpaired) electrons. The van der Waals surface area contributed by atoms with Crippen molar-refractivity contribution in [3.63, 3.8) is 0 Å². The lowest BCUT2D eigenvalue weighted by atomic mass is 10.2. The Morgan fingerprint density at radius 3 is 2.67 bits per heavy atom. The molecule has 4 rings (SSSR count). The second-order valence-electron chi connectivity index (χ2n) is 7.79. The highest BCUT2D eigenvalue weighted by atomic mass is 15.3. The van der Waals surface area contributed by atoms with Crippen molar-refractivity contribution in [1.29, 1.82) is 0 Å². The summed E-state index contributed by atoms with van der Waals surface area (Å²) in [5.74, 6) is 0.862. The van der Waals surface area contributed by atoms with Crippen LogP contribution in [-0.2, 0) is 6.42 Å². The Hall–Kier alpha value is -3.28. The second kappa shape index (κ2) is 9.48. The summed E-state index contributed by atoms with van der Waals surface area (Å²) < 4.78 is 1.92. The highest BCUT2D eigenvalue weighted by Gasteiger charge is 2.23. The molecule has 0 bridgehead atoms. The number of hydrogen-bond donors (Lipinski definition) is 2. The molecule has 2 heterocycles. The SMILES string of the molecule is CN=C(NCCc1cnn(-c2ccccc2)c1)NC1CCN(c2ccc(C)cc2)C1. The van der Waals surface area contributed by atoms with E-state index in [0.717, 1.165) is 44.1 Å². The minimum absolute atomic E-state index is 0.401. The van der Waals surface area contributed by atoms with Crippen molar-refractivity contribution >= 4 is 11.6 Å². The Balaban J connectivity index is 1.24. The summed E-state index contributed by atoms with van der Waals surface area (Å²) in [4.78, 5) is 6.83. The standard InChI is InChI=1S/C24H30N6/c1-19-8-10-22(11-9-19)29-15-13-21(18-29)28-24(25-2)26-14-12-20-16-27-30(17-20)23-6-4-3-5-7-23/h3-11,16-17,21H,12-15,18H2,1-2H3,(H2,25,26,28). The van der Waals surface area contributed by atoms with Gasteiger partial charge in [0.2, 0.25) is 0 Å². The molecule has 2 aromatic carbocycles. The largest absolute Gasteiger partial charge is 0.369 e. The van der Waals surface area contributed by atoms with E-state index in [-0.39, 0.29) is 0 Å². The summed E-state index contributed by atoms with van der Waals surface area (Å²) in [6, 6.07) is 19.4. The summed E-state index contributed by atoms with van der Waals surface area (Å²) in [6.45, 7) is 5.00. The molecule has 1 aliphatic heterocycles. The maximum Gasteiger partial charge on any atom is 0.191 e. The maximum atomic E-state index is 4.47. The van der Waals surface area contributed by atoms with E-state index in [4.69, 9.17) is 0 Å². The molecule has 1 aliphatic rings. The minimum Gasteiger partial charge on any atom is -0.369 e. The van der Waals surface area contributed by atoms with Crippen molar-refractivity contribution in [3.8, 4) is 5.69 Å². The number of aromatic nitrogens is 2.